The molecule has 3 N–H and O–H groups in total. The van der Waals surface area contributed by atoms with Crippen molar-refractivity contribution in [1.82, 2.24) is 10.2 Å². The molecule has 1 saturated heterocycles. The topological polar surface area (TPSA) is 75.4 Å². The average Bonchev–Trinajstić information content (AvgIpc) is 2.28. The molecule has 1 rings (SSSR count). The molecule has 1 aliphatic heterocycles. The minimum atomic E-state index is -0.0623. The fourth-order valence-corrected chi connectivity index (χ4v) is 1.74. The first-order valence-corrected chi connectivity index (χ1v) is 5.08. The molecule has 0 spiro atoms. The number of nitrogens with one attached hydrogen (secondary N) is 1. The van der Waals surface area contributed by atoms with Gasteiger partial charge in [-0.1, -0.05) is 6.58 Å². The van der Waals surface area contributed by atoms with Crippen molar-refractivity contribution in [2.75, 3.05) is 19.8 Å². The van der Waals surface area contributed by atoms with Crippen molar-refractivity contribution in [3.8, 4) is 0 Å². The minimum Gasteiger partial charge on any atom is -0.344 e. The summed E-state index contributed by atoms with van der Waals surface area (Å²) in [6, 6.07) is 0. The summed E-state index contributed by atoms with van der Waals surface area (Å²) >= 11 is 0. The molecule has 0 aromatic rings. The Bertz CT molecular complexity index is 257. The van der Waals surface area contributed by atoms with Crippen LogP contribution in [-0.2, 0) is 9.59 Å². The van der Waals surface area contributed by atoms with Crippen LogP contribution in [0.5, 0.6) is 0 Å². The summed E-state index contributed by atoms with van der Waals surface area (Å²) < 4.78 is 0. The number of piperidine rings is 1. The summed E-state index contributed by atoms with van der Waals surface area (Å²) in [5, 5.41) is 2.59. The maximum absolute atomic E-state index is 11.4. The van der Waals surface area contributed by atoms with Crippen LogP contribution in [0, 0.1) is 5.92 Å². The second-order valence-corrected chi connectivity index (χ2v) is 3.55. The van der Waals surface area contributed by atoms with Crippen LogP contribution >= 0.6 is 0 Å². The highest BCUT2D eigenvalue weighted by Gasteiger charge is 2.25. The van der Waals surface area contributed by atoms with E-state index < -0.39 is 0 Å². The van der Waals surface area contributed by atoms with Crippen molar-refractivity contribution in [2.45, 2.75) is 12.8 Å². The second kappa shape index (κ2) is 5.50. The fourth-order valence-electron chi connectivity index (χ4n) is 1.74. The van der Waals surface area contributed by atoms with Gasteiger partial charge in [-0.3, -0.25) is 9.59 Å². The predicted octanol–water partition coefficient (Wildman–Crippen LogP) is -0.557. The molecule has 5 nitrogen and oxygen atoms in total. The molecule has 0 radical (unpaired) electrons. The Morgan fingerprint density at radius 3 is 2.53 bits per heavy atom. The van der Waals surface area contributed by atoms with Crippen LogP contribution < -0.4 is 11.1 Å². The van der Waals surface area contributed by atoms with Crippen molar-refractivity contribution < 1.29 is 9.59 Å². The van der Waals surface area contributed by atoms with Gasteiger partial charge in [-0.2, -0.15) is 0 Å². The molecule has 5 heteroatoms. The highest BCUT2D eigenvalue weighted by atomic mass is 16.2. The van der Waals surface area contributed by atoms with Crippen LogP contribution in [0.3, 0.4) is 0 Å². The van der Waals surface area contributed by atoms with Crippen molar-refractivity contribution in [3.63, 3.8) is 0 Å². The molecule has 0 atom stereocenters. The predicted molar refractivity (Wildman–Crippen MR) is 56.7 cm³/mol. The van der Waals surface area contributed by atoms with Crippen LogP contribution in [0.25, 0.3) is 0 Å². The second-order valence-electron chi connectivity index (χ2n) is 3.55. The number of nitrogens with two attached hydrogens (primary N) is 1. The van der Waals surface area contributed by atoms with Gasteiger partial charge >= 0.3 is 0 Å². The lowest BCUT2D eigenvalue weighted by Crippen LogP contribution is -2.43. The third-order valence-corrected chi connectivity index (χ3v) is 2.63. The van der Waals surface area contributed by atoms with Crippen LogP contribution in [-0.4, -0.2) is 36.5 Å². The normalized spacial score (nSPS) is 17.3. The van der Waals surface area contributed by atoms with E-state index in [0.29, 0.717) is 25.9 Å². The fraction of sp³-hybridized carbons (Fsp3) is 0.600. The Hall–Kier alpha value is -1.36. The number of amides is 2. The number of rotatable bonds is 3. The van der Waals surface area contributed by atoms with Crippen LogP contribution in [0.1, 0.15) is 12.8 Å². The quantitative estimate of drug-likeness (QED) is 0.485. The van der Waals surface area contributed by atoms with Crippen LogP contribution in [0.4, 0.5) is 0 Å². The zero-order valence-corrected chi connectivity index (χ0v) is 8.74. The zero-order valence-electron chi connectivity index (χ0n) is 8.74. The van der Waals surface area contributed by atoms with Crippen LogP contribution in [0.15, 0.2) is 12.7 Å². The summed E-state index contributed by atoms with van der Waals surface area (Å²) in [6.45, 7) is 4.84. The average molecular weight is 211 g/mol. The van der Waals surface area contributed by atoms with E-state index in [-0.39, 0.29) is 24.4 Å². The number of nitrogens with zero attached hydrogens (tertiary/aromatic N) is 1. The first kappa shape index (κ1) is 11.7. The summed E-state index contributed by atoms with van der Waals surface area (Å²) in [4.78, 5) is 24.4. The van der Waals surface area contributed by atoms with E-state index in [1.54, 1.807) is 4.90 Å². The number of likely N-dealkylation sites (tertiary alicyclic amines) is 1. The molecule has 0 unspecified atom stereocenters. The van der Waals surface area contributed by atoms with E-state index in [4.69, 9.17) is 5.73 Å². The van der Waals surface area contributed by atoms with Crippen molar-refractivity contribution in [3.05, 3.63) is 12.7 Å². The minimum absolute atomic E-state index is 0.0109. The Kier molecular flexibility index (Phi) is 4.30. The van der Waals surface area contributed by atoms with Crippen LogP contribution in [0.2, 0.25) is 0 Å². The van der Waals surface area contributed by atoms with Gasteiger partial charge in [0.1, 0.15) is 0 Å². The maximum atomic E-state index is 11.4. The van der Waals surface area contributed by atoms with Gasteiger partial charge in [-0.25, -0.2) is 0 Å². The van der Waals surface area contributed by atoms with Crippen molar-refractivity contribution in [2.24, 2.45) is 11.7 Å². The van der Waals surface area contributed by atoms with Gasteiger partial charge in [-0.15, -0.1) is 0 Å². The van der Waals surface area contributed by atoms with E-state index >= 15 is 0 Å². The lowest BCUT2D eigenvalue weighted by molar-refractivity contribution is -0.132. The van der Waals surface area contributed by atoms with Crippen molar-refractivity contribution in [1.29, 1.82) is 0 Å². The van der Waals surface area contributed by atoms with Gasteiger partial charge in [0.25, 0.3) is 0 Å². The smallest absolute Gasteiger partial charge is 0.245 e. The molecule has 0 aliphatic carbocycles. The third-order valence-electron chi connectivity index (χ3n) is 2.63. The molecule has 1 heterocycles. The molecular formula is C10H17N3O2. The van der Waals surface area contributed by atoms with E-state index in [9.17, 15) is 9.59 Å². The summed E-state index contributed by atoms with van der Waals surface area (Å²) in [7, 11) is 0. The maximum Gasteiger partial charge on any atom is 0.245 e. The Labute approximate surface area is 89.3 Å². The van der Waals surface area contributed by atoms with E-state index in [1.807, 2.05) is 0 Å². The molecule has 0 aromatic carbocycles. The molecule has 0 aromatic heterocycles. The molecule has 84 valence electrons. The standard InChI is InChI=1S/C10H17N3O2/c1-2-9(14)13-5-3-8(4-6-13)10(15)12-7-11/h2,8H,1,3-7,11H2,(H,12,15). The Morgan fingerprint density at radius 1 is 1.47 bits per heavy atom. The molecule has 1 aliphatic rings. The lowest BCUT2D eigenvalue weighted by atomic mass is 9.96. The highest BCUT2D eigenvalue weighted by molar-refractivity contribution is 5.87. The molecule has 2 amide bonds. The first-order valence-electron chi connectivity index (χ1n) is 5.08. The first-order chi connectivity index (χ1) is 7.19. The number of carbonyl (C=O) groups is 2. The molecule has 1 fully saturated rings. The summed E-state index contributed by atoms with van der Waals surface area (Å²) in [5.41, 5.74) is 5.22. The number of carbonyl (C=O) groups excluding carboxylic acids is 2. The molecular weight excluding hydrogens is 194 g/mol. The summed E-state index contributed by atoms with van der Waals surface area (Å²) in [5.74, 6) is -0.0849. The number of hydrogen-bond donors (Lipinski definition) is 2. The SMILES string of the molecule is C=CC(=O)N1CCC(C(=O)NCN)CC1. The number of hydrogen-bond acceptors (Lipinski definition) is 3. The Morgan fingerprint density at radius 2 is 2.07 bits per heavy atom. The third kappa shape index (κ3) is 3.06. The summed E-state index contributed by atoms with van der Waals surface area (Å²) in [6.07, 6.45) is 2.71. The molecule has 15 heavy (non-hydrogen) atoms. The van der Waals surface area contributed by atoms with E-state index in [1.165, 1.54) is 6.08 Å². The van der Waals surface area contributed by atoms with Gasteiger partial charge in [-0.05, 0) is 18.9 Å². The van der Waals surface area contributed by atoms with Gasteiger partial charge in [0, 0.05) is 19.0 Å². The van der Waals surface area contributed by atoms with Gasteiger partial charge in [0.05, 0.1) is 6.67 Å². The lowest BCUT2D eigenvalue weighted by Gasteiger charge is -2.30. The Balaban J connectivity index is 2.38. The van der Waals surface area contributed by atoms with Crippen molar-refractivity contribution >= 4 is 11.8 Å². The highest BCUT2D eigenvalue weighted by Crippen LogP contribution is 2.17. The molecule has 0 saturated carbocycles. The van der Waals surface area contributed by atoms with E-state index in [0.717, 1.165) is 0 Å². The largest absolute Gasteiger partial charge is 0.344 e. The van der Waals surface area contributed by atoms with Gasteiger partial charge in [0.2, 0.25) is 11.8 Å². The van der Waals surface area contributed by atoms with Gasteiger partial charge < -0.3 is 16.0 Å². The zero-order chi connectivity index (χ0) is 11.3. The molecule has 0 bridgehead atoms. The van der Waals surface area contributed by atoms with E-state index in [2.05, 4.69) is 11.9 Å². The van der Waals surface area contributed by atoms with Gasteiger partial charge in [0.15, 0.2) is 0 Å². The monoisotopic (exact) mass is 211 g/mol.